The van der Waals surface area contributed by atoms with Crippen LogP contribution < -0.4 is 10.2 Å². The topological polar surface area (TPSA) is 131 Å². The van der Waals surface area contributed by atoms with Crippen LogP contribution >= 0.6 is 11.3 Å². The lowest BCUT2D eigenvalue weighted by Crippen LogP contribution is -2.51. The van der Waals surface area contributed by atoms with Crippen molar-refractivity contribution in [3.63, 3.8) is 0 Å². The number of sulfonamides is 1. The van der Waals surface area contributed by atoms with E-state index in [1.165, 1.54) is 15.6 Å². The lowest BCUT2D eigenvalue weighted by atomic mass is 10.0. The van der Waals surface area contributed by atoms with E-state index < -0.39 is 34.4 Å². The van der Waals surface area contributed by atoms with Crippen molar-refractivity contribution in [2.75, 3.05) is 45.3 Å². The number of ether oxygens (including phenoxy) is 3. The Bertz CT molecular complexity index is 1500. The second kappa shape index (κ2) is 13.4. The molecule has 0 saturated carbocycles. The van der Waals surface area contributed by atoms with Crippen LogP contribution in [-0.2, 0) is 30.7 Å². The Morgan fingerprint density at radius 1 is 1.16 bits per heavy atom. The molecule has 5 rings (SSSR count). The number of aromatic nitrogens is 1. The maximum Gasteiger partial charge on any atom is 0.407 e. The molecule has 3 aromatic rings. The molecule has 0 radical (unpaired) electrons. The van der Waals surface area contributed by atoms with Gasteiger partial charge >= 0.3 is 6.09 Å². The third-order valence-corrected chi connectivity index (χ3v) is 10.7. The molecular weight excluding hydrogens is 592 g/mol. The van der Waals surface area contributed by atoms with Gasteiger partial charge in [-0.15, -0.1) is 0 Å². The van der Waals surface area contributed by atoms with Crippen LogP contribution in [0.25, 0.3) is 10.2 Å². The van der Waals surface area contributed by atoms with Crippen LogP contribution in [0.15, 0.2) is 53.4 Å². The van der Waals surface area contributed by atoms with Crippen LogP contribution in [0.5, 0.6) is 0 Å². The number of carbonyl (C=O) groups is 1. The number of fused-ring (bicyclic) bond motifs is 2. The molecule has 2 saturated heterocycles. The van der Waals surface area contributed by atoms with E-state index in [2.05, 4.69) is 10.3 Å². The molecule has 2 aliphatic rings. The quantitative estimate of drug-likeness (QED) is 0.308. The van der Waals surface area contributed by atoms with E-state index in [9.17, 15) is 18.3 Å². The molecule has 0 aliphatic carbocycles. The number of alkyl carbamates (subject to hydrolysis) is 1. The number of aliphatic hydroxyl groups excluding tert-OH is 1. The number of aliphatic hydroxyl groups is 1. The van der Waals surface area contributed by atoms with E-state index in [1.807, 2.05) is 63.2 Å². The van der Waals surface area contributed by atoms with Gasteiger partial charge in [0.25, 0.3) is 0 Å². The molecule has 2 N–H and O–H groups in total. The molecule has 13 heteroatoms. The Hall–Kier alpha value is -2.81. The van der Waals surface area contributed by atoms with Crippen molar-refractivity contribution in [3.8, 4) is 0 Å². The molecule has 2 aromatic carbocycles. The number of carbonyl (C=O) groups excluding carboxylic acids is 1. The van der Waals surface area contributed by atoms with Crippen LogP contribution in [0, 0.1) is 11.8 Å². The fraction of sp³-hybridized carbons (Fsp3) is 0.533. The van der Waals surface area contributed by atoms with Gasteiger partial charge in [0, 0.05) is 27.2 Å². The van der Waals surface area contributed by atoms with Gasteiger partial charge in [-0.05, 0) is 42.5 Å². The van der Waals surface area contributed by atoms with Gasteiger partial charge in [0.05, 0.1) is 46.4 Å². The van der Waals surface area contributed by atoms with Crippen molar-refractivity contribution in [2.24, 2.45) is 11.8 Å². The number of amides is 1. The van der Waals surface area contributed by atoms with Gasteiger partial charge in [-0.1, -0.05) is 55.5 Å². The van der Waals surface area contributed by atoms with Crippen molar-refractivity contribution in [2.45, 2.75) is 56.1 Å². The number of anilines is 1. The zero-order valence-electron chi connectivity index (χ0n) is 24.9. The molecule has 0 spiro atoms. The minimum absolute atomic E-state index is 0.0103. The molecule has 1 aromatic heterocycles. The summed E-state index contributed by atoms with van der Waals surface area (Å²) in [6.45, 7) is 4.62. The van der Waals surface area contributed by atoms with Gasteiger partial charge in [-0.2, -0.15) is 4.31 Å². The molecule has 234 valence electrons. The first-order chi connectivity index (χ1) is 20.5. The fourth-order valence-electron chi connectivity index (χ4n) is 5.43. The number of nitrogens with zero attached hydrogens (tertiary/aromatic N) is 3. The number of nitrogens with one attached hydrogen (secondary N) is 1. The number of hydrogen-bond acceptors (Lipinski definition) is 10. The Morgan fingerprint density at radius 2 is 1.93 bits per heavy atom. The summed E-state index contributed by atoms with van der Waals surface area (Å²) in [6.07, 6.45) is -1.71. The highest BCUT2D eigenvalue weighted by Crippen LogP contribution is 2.33. The van der Waals surface area contributed by atoms with Gasteiger partial charge in [0.2, 0.25) is 10.0 Å². The Kier molecular flexibility index (Phi) is 9.89. The smallest absolute Gasteiger partial charge is 0.407 e. The van der Waals surface area contributed by atoms with Crippen molar-refractivity contribution in [1.82, 2.24) is 14.6 Å². The van der Waals surface area contributed by atoms with Crippen molar-refractivity contribution in [1.29, 1.82) is 0 Å². The van der Waals surface area contributed by atoms with Gasteiger partial charge < -0.3 is 29.5 Å². The van der Waals surface area contributed by atoms with Crippen molar-refractivity contribution >= 4 is 42.8 Å². The lowest BCUT2D eigenvalue weighted by molar-refractivity contribution is -0.0907. The average molecular weight is 633 g/mol. The van der Waals surface area contributed by atoms with E-state index in [-0.39, 0.29) is 49.1 Å². The molecule has 2 aliphatic heterocycles. The van der Waals surface area contributed by atoms with Crippen LogP contribution in [0.2, 0.25) is 0 Å². The largest absolute Gasteiger partial charge is 0.443 e. The predicted molar refractivity (Wildman–Crippen MR) is 165 cm³/mol. The summed E-state index contributed by atoms with van der Waals surface area (Å²) in [4.78, 5) is 19.6. The first kappa shape index (κ1) is 31.6. The normalized spacial score (nSPS) is 21.7. The maximum atomic E-state index is 14.0. The van der Waals surface area contributed by atoms with E-state index in [0.29, 0.717) is 6.61 Å². The van der Waals surface area contributed by atoms with E-state index >= 15 is 0 Å². The summed E-state index contributed by atoms with van der Waals surface area (Å²) in [5.41, 5.74) is 1.60. The fourth-order valence-corrected chi connectivity index (χ4v) is 8.08. The SMILES string of the molecule is CC(C)CN(CC(O)C(Cc1ccccc1)NC(=O)OC1COC2OCCC12)S(=O)(=O)c1ccc2nc(N(C)C)sc2c1. The van der Waals surface area contributed by atoms with E-state index in [1.54, 1.807) is 18.2 Å². The highest BCUT2D eigenvalue weighted by atomic mass is 32.2. The minimum atomic E-state index is -3.99. The monoisotopic (exact) mass is 632 g/mol. The van der Waals surface area contributed by atoms with Gasteiger partial charge in [-0.3, -0.25) is 0 Å². The summed E-state index contributed by atoms with van der Waals surface area (Å²) in [5, 5.41) is 15.1. The van der Waals surface area contributed by atoms with Crippen molar-refractivity contribution < 1.29 is 32.5 Å². The third kappa shape index (κ3) is 7.47. The average Bonchev–Trinajstić information content (AvgIpc) is 3.69. The Labute approximate surface area is 256 Å². The maximum absolute atomic E-state index is 14.0. The summed E-state index contributed by atoms with van der Waals surface area (Å²) in [7, 11) is -0.219. The number of benzene rings is 2. The Morgan fingerprint density at radius 3 is 2.65 bits per heavy atom. The van der Waals surface area contributed by atoms with E-state index in [4.69, 9.17) is 14.2 Å². The zero-order chi connectivity index (χ0) is 30.7. The van der Waals surface area contributed by atoms with Crippen molar-refractivity contribution in [3.05, 3.63) is 54.1 Å². The lowest BCUT2D eigenvalue weighted by Gasteiger charge is -2.31. The molecule has 5 unspecified atom stereocenters. The molecule has 1 amide bonds. The second-order valence-electron chi connectivity index (χ2n) is 11.7. The van der Waals surface area contributed by atoms with Crippen LogP contribution in [0.1, 0.15) is 25.8 Å². The summed E-state index contributed by atoms with van der Waals surface area (Å²) >= 11 is 1.41. The van der Waals surface area contributed by atoms with Crippen LogP contribution in [0.4, 0.5) is 9.93 Å². The second-order valence-corrected chi connectivity index (χ2v) is 14.7. The number of thiazole rings is 1. The molecule has 0 bridgehead atoms. The highest BCUT2D eigenvalue weighted by Gasteiger charge is 2.44. The first-order valence-electron chi connectivity index (χ1n) is 14.5. The van der Waals surface area contributed by atoms with Gasteiger partial charge in [0.1, 0.15) is 6.10 Å². The summed E-state index contributed by atoms with van der Waals surface area (Å²) < 4.78 is 46.8. The van der Waals surface area contributed by atoms with E-state index in [0.717, 1.165) is 27.3 Å². The van der Waals surface area contributed by atoms with Gasteiger partial charge in [-0.25, -0.2) is 18.2 Å². The number of hydrogen-bond donors (Lipinski definition) is 2. The zero-order valence-corrected chi connectivity index (χ0v) is 26.5. The molecule has 43 heavy (non-hydrogen) atoms. The molecule has 3 heterocycles. The Balaban J connectivity index is 1.36. The highest BCUT2D eigenvalue weighted by molar-refractivity contribution is 7.89. The van der Waals surface area contributed by atoms with Crippen LogP contribution in [0.3, 0.4) is 0 Å². The molecule has 5 atom stereocenters. The molecule has 2 fully saturated rings. The first-order valence-corrected chi connectivity index (χ1v) is 16.8. The minimum Gasteiger partial charge on any atom is -0.443 e. The number of rotatable bonds is 12. The summed E-state index contributed by atoms with van der Waals surface area (Å²) in [6, 6.07) is 13.5. The van der Waals surface area contributed by atoms with Gasteiger partial charge in [0.15, 0.2) is 11.4 Å². The molecule has 11 nitrogen and oxygen atoms in total. The molecular formula is C30H40N4O7S2. The van der Waals surface area contributed by atoms with Crippen LogP contribution in [-0.4, -0.2) is 93.8 Å². The predicted octanol–water partition coefficient (Wildman–Crippen LogP) is 3.47. The summed E-state index contributed by atoms with van der Waals surface area (Å²) in [5.74, 6) is -0.0384. The standard InChI is InChI=1S/C30H40N4O7S2/c1-19(2)16-34(43(37,38)21-10-11-23-27(15-21)42-29(31-23)33(3)4)17-25(35)24(14-20-8-6-5-7-9-20)32-30(36)41-26-18-40-28-22(26)12-13-39-28/h5-11,15,19,22,24-26,28,35H,12-14,16-18H2,1-4H3,(H,32,36). The third-order valence-electron chi connectivity index (χ3n) is 7.64.